The van der Waals surface area contributed by atoms with E-state index < -0.39 is 80.6 Å². The summed E-state index contributed by atoms with van der Waals surface area (Å²) in [6.45, 7) is 6.79. The van der Waals surface area contributed by atoms with Crippen molar-refractivity contribution in [3.8, 4) is 0 Å². The maximum absolute atomic E-state index is 14.5. The van der Waals surface area contributed by atoms with Crippen molar-refractivity contribution in [1.82, 2.24) is 0 Å². The molecular formula is C24H23F5N2O5. The molecule has 0 bridgehead atoms. The molecule has 0 heterocycles. The minimum absolute atomic E-state index is 0.211. The summed E-state index contributed by atoms with van der Waals surface area (Å²) in [5, 5.41) is 4.33. The highest BCUT2D eigenvalue weighted by Gasteiger charge is 2.27. The molecule has 0 fully saturated rings. The lowest BCUT2D eigenvalue weighted by molar-refractivity contribution is -0.138. The Kier molecular flexibility index (Phi) is 8.79. The van der Waals surface area contributed by atoms with Crippen molar-refractivity contribution in [3.05, 3.63) is 70.2 Å². The van der Waals surface area contributed by atoms with Crippen LogP contribution in [0, 0.1) is 36.0 Å². The zero-order valence-electron chi connectivity index (χ0n) is 19.9. The summed E-state index contributed by atoms with van der Waals surface area (Å²) < 4.78 is 80.2. The Morgan fingerprint density at radius 2 is 1.53 bits per heavy atom. The van der Waals surface area contributed by atoms with Crippen molar-refractivity contribution < 1.29 is 45.8 Å². The average Bonchev–Trinajstić information content (AvgIpc) is 2.76. The molecule has 0 atom stereocenters. The van der Waals surface area contributed by atoms with Gasteiger partial charge in [0, 0.05) is 17.8 Å². The van der Waals surface area contributed by atoms with E-state index in [9.17, 15) is 36.3 Å². The van der Waals surface area contributed by atoms with Gasteiger partial charge >= 0.3 is 12.1 Å². The van der Waals surface area contributed by atoms with E-state index in [0.717, 1.165) is 13.0 Å². The van der Waals surface area contributed by atoms with E-state index in [4.69, 9.17) is 9.47 Å². The first-order chi connectivity index (χ1) is 16.7. The van der Waals surface area contributed by atoms with Crippen LogP contribution in [-0.4, -0.2) is 30.1 Å². The van der Waals surface area contributed by atoms with Crippen LogP contribution in [0.3, 0.4) is 0 Å². The van der Waals surface area contributed by atoms with Gasteiger partial charge in [-0.3, -0.25) is 10.1 Å². The average molecular weight is 514 g/mol. The van der Waals surface area contributed by atoms with Gasteiger partial charge in [-0.1, -0.05) is 0 Å². The number of anilines is 2. The lowest BCUT2D eigenvalue weighted by Crippen LogP contribution is -2.27. The molecule has 0 radical (unpaired) electrons. The van der Waals surface area contributed by atoms with E-state index in [2.05, 4.69) is 10.6 Å². The molecule has 1 amide bonds. The van der Waals surface area contributed by atoms with E-state index in [1.807, 2.05) is 0 Å². The van der Waals surface area contributed by atoms with Crippen molar-refractivity contribution in [2.75, 3.05) is 17.2 Å². The van der Waals surface area contributed by atoms with Crippen LogP contribution in [0.15, 0.2) is 30.0 Å². The van der Waals surface area contributed by atoms with Crippen molar-refractivity contribution in [1.29, 1.82) is 0 Å². The van der Waals surface area contributed by atoms with Gasteiger partial charge in [0.25, 0.3) is 0 Å². The van der Waals surface area contributed by atoms with E-state index in [1.54, 1.807) is 20.8 Å². The SMILES string of the molecule is CCOC(=O)/C(=C\Nc1cc(NC(=O)OC(C)(C)C)c(F)cc1F)C(=O)c1cc(F)c(F)c(C)c1F. The lowest BCUT2D eigenvalue weighted by Gasteiger charge is -2.20. The minimum Gasteiger partial charge on any atom is -0.462 e. The summed E-state index contributed by atoms with van der Waals surface area (Å²) in [7, 11) is 0. The fourth-order valence-corrected chi connectivity index (χ4v) is 2.79. The van der Waals surface area contributed by atoms with Crippen LogP contribution in [0.2, 0.25) is 0 Å². The second-order valence-corrected chi connectivity index (χ2v) is 8.35. The fraction of sp³-hybridized carbons (Fsp3) is 0.292. The van der Waals surface area contributed by atoms with Crippen LogP contribution in [0.4, 0.5) is 38.1 Å². The van der Waals surface area contributed by atoms with E-state index in [1.165, 1.54) is 6.92 Å². The topological polar surface area (TPSA) is 93.7 Å². The number of hydrogen-bond acceptors (Lipinski definition) is 6. The Morgan fingerprint density at radius 3 is 2.11 bits per heavy atom. The largest absolute Gasteiger partial charge is 0.462 e. The number of nitrogens with one attached hydrogen (secondary N) is 2. The quantitative estimate of drug-likeness (QED) is 0.0926. The molecule has 0 aliphatic rings. The molecule has 0 unspecified atom stereocenters. The first-order valence-corrected chi connectivity index (χ1v) is 10.5. The number of ketones is 1. The van der Waals surface area contributed by atoms with Gasteiger partial charge in [0.2, 0.25) is 5.78 Å². The molecule has 2 N–H and O–H groups in total. The van der Waals surface area contributed by atoms with E-state index >= 15 is 0 Å². The second kappa shape index (κ2) is 11.2. The molecule has 2 aromatic rings. The molecule has 194 valence electrons. The molecule has 12 heteroatoms. The molecule has 0 saturated heterocycles. The Labute approximate surface area is 203 Å². The van der Waals surface area contributed by atoms with E-state index in [0.29, 0.717) is 12.3 Å². The Morgan fingerprint density at radius 1 is 0.917 bits per heavy atom. The molecule has 0 spiro atoms. The first-order valence-electron chi connectivity index (χ1n) is 10.5. The molecule has 2 rings (SSSR count). The number of hydrogen-bond donors (Lipinski definition) is 2. The monoisotopic (exact) mass is 514 g/mol. The van der Waals surface area contributed by atoms with Gasteiger partial charge in [0.1, 0.15) is 28.6 Å². The zero-order chi connectivity index (χ0) is 27.4. The number of ether oxygens (including phenoxy) is 2. The summed E-state index contributed by atoms with van der Waals surface area (Å²) >= 11 is 0. The van der Waals surface area contributed by atoms with Gasteiger partial charge in [-0.25, -0.2) is 31.5 Å². The van der Waals surface area contributed by atoms with Gasteiger partial charge in [-0.2, -0.15) is 0 Å². The maximum atomic E-state index is 14.5. The summed E-state index contributed by atoms with van der Waals surface area (Å²) in [6, 6.07) is 1.49. The maximum Gasteiger partial charge on any atom is 0.412 e. The van der Waals surface area contributed by atoms with Gasteiger partial charge < -0.3 is 14.8 Å². The molecule has 2 aromatic carbocycles. The lowest BCUT2D eigenvalue weighted by atomic mass is 10.0. The van der Waals surface area contributed by atoms with Crippen LogP contribution in [-0.2, 0) is 14.3 Å². The highest BCUT2D eigenvalue weighted by atomic mass is 19.2. The van der Waals surface area contributed by atoms with Crippen LogP contribution >= 0.6 is 0 Å². The van der Waals surface area contributed by atoms with Gasteiger partial charge in [-0.15, -0.1) is 0 Å². The third kappa shape index (κ3) is 6.80. The molecule has 0 saturated carbocycles. The summed E-state index contributed by atoms with van der Waals surface area (Å²) in [5.74, 6) is -9.48. The number of esters is 1. The molecule has 7 nitrogen and oxygen atoms in total. The van der Waals surface area contributed by atoms with Crippen molar-refractivity contribution >= 4 is 29.2 Å². The van der Waals surface area contributed by atoms with Crippen LogP contribution in [0.25, 0.3) is 0 Å². The van der Waals surface area contributed by atoms with Crippen LogP contribution < -0.4 is 10.6 Å². The Bertz CT molecular complexity index is 1240. The Balaban J connectivity index is 2.47. The van der Waals surface area contributed by atoms with E-state index in [-0.39, 0.29) is 12.7 Å². The molecule has 36 heavy (non-hydrogen) atoms. The number of carbonyl (C=O) groups is 3. The van der Waals surface area contributed by atoms with Crippen LogP contribution in [0.1, 0.15) is 43.6 Å². The molecule has 0 aliphatic carbocycles. The minimum atomic E-state index is -1.53. The summed E-state index contributed by atoms with van der Waals surface area (Å²) in [5.41, 5.74) is -4.60. The number of carbonyl (C=O) groups excluding carboxylic acids is 3. The second-order valence-electron chi connectivity index (χ2n) is 8.35. The number of halogens is 5. The number of rotatable bonds is 7. The fourth-order valence-electron chi connectivity index (χ4n) is 2.79. The molecule has 0 aromatic heterocycles. The number of benzene rings is 2. The molecule has 0 aliphatic heterocycles. The highest BCUT2D eigenvalue weighted by Crippen LogP contribution is 2.26. The van der Waals surface area contributed by atoms with Gasteiger partial charge in [-0.05, 0) is 46.8 Å². The van der Waals surface area contributed by atoms with Crippen LogP contribution in [0.5, 0.6) is 0 Å². The molecular weight excluding hydrogens is 491 g/mol. The van der Waals surface area contributed by atoms with Crippen molar-refractivity contribution in [2.24, 2.45) is 0 Å². The predicted octanol–water partition coefficient (Wildman–Crippen LogP) is 5.78. The third-order valence-electron chi connectivity index (χ3n) is 4.42. The predicted molar refractivity (Wildman–Crippen MR) is 120 cm³/mol. The summed E-state index contributed by atoms with van der Waals surface area (Å²) in [6.07, 6.45) is -0.412. The Hall–Kier alpha value is -3.96. The zero-order valence-corrected chi connectivity index (χ0v) is 19.9. The normalized spacial score (nSPS) is 11.7. The van der Waals surface area contributed by atoms with Gasteiger partial charge in [0.15, 0.2) is 11.6 Å². The smallest absolute Gasteiger partial charge is 0.412 e. The summed E-state index contributed by atoms with van der Waals surface area (Å²) in [4.78, 5) is 37.1. The third-order valence-corrected chi connectivity index (χ3v) is 4.42. The van der Waals surface area contributed by atoms with Crippen molar-refractivity contribution in [3.63, 3.8) is 0 Å². The number of Topliss-reactive ketones (excluding diaryl/α,β-unsaturated/α-hetero) is 1. The number of amides is 1. The highest BCUT2D eigenvalue weighted by molar-refractivity contribution is 6.24. The first kappa shape index (κ1) is 28.3. The van der Waals surface area contributed by atoms with Crippen molar-refractivity contribution in [2.45, 2.75) is 40.2 Å². The van der Waals surface area contributed by atoms with Gasteiger partial charge in [0.05, 0.1) is 23.5 Å². The standard InChI is InChI=1S/C24H23F5N2O5/c1-6-35-22(33)13(21(32)12-7-16(27)20(29)11(2)19(12)28)10-30-17-9-18(15(26)8-14(17)25)31-23(34)36-24(3,4)5/h7-10,30H,6H2,1-5H3,(H,31,34)/b13-10-.